The zero-order valence-electron chi connectivity index (χ0n) is 7.81. The zero-order chi connectivity index (χ0) is 8.86. The molecule has 0 heteroatoms. The van der Waals surface area contributed by atoms with Gasteiger partial charge in [0.1, 0.15) is 0 Å². The van der Waals surface area contributed by atoms with E-state index in [0.29, 0.717) is 0 Å². The van der Waals surface area contributed by atoms with Crippen molar-refractivity contribution in [2.75, 3.05) is 0 Å². The smallest absolute Gasteiger partial charge is 0.0346 e. The third kappa shape index (κ3) is 2.14. The minimum Gasteiger partial charge on any atom is -0.120 e. The minimum atomic E-state index is 0.165. The molecule has 0 heterocycles. The maximum Gasteiger partial charge on any atom is 0.0346 e. The van der Waals surface area contributed by atoms with E-state index in [1.54, 1.807) is 0 Å². The molecule has 0 amide bonds. The van der Waals surface area contributed by atoms with Crippen LogP contribution in [0.2, 0.25) is 0 Å². The van der Waals surface area contributed by atoms with E-state index in [0.717, 1.165) is 6.42 Å². The van der Waals surface area contributed by atoms with E-state index in [1.807, 2.05) is 6.08 Å². The van der Waals surface area contributed by atoms with Gasteiger partial charge >= 0.3 is 0 Å². The molecule has 1 rings (SSSR count). The Kier molecular flexibility index (Phi) is 3.41. The lowest BCUT2D eigenvalue weighted by atomic mass is 9.78. The predicted octanol–water partition coefficient (Wildman–Crippen LogP) is 3.54. The molecule has 1 fully saturated rings. The van der Waals surface area contributed by atoms with Crippen molar-refractivity contribution in [1.82, 2.24) is 0 Å². The van der Waals surface area contributed by atoms with Crippen LogP contribution < -0.4 is 0 Å². The Morgan fingerprint density at radius 2 is 1.83 bits per heavy atom. The van der Waals surface area contributed by atoms with Gasteiger partial charge in [-0.2, -0.15) is 0 Å². The highest BCUT2D eigenvalue weighted by atomic mass is 14.3. The Morgan fingerprint density at radius 1 is 1.25 bits per heavy atom. The summed E-state index contributed by atoms with van der Waals surface area (Å²) in [6.45, 7) is 3.78. The van der Waals surface area contributed by atoms with Crippen molar-refractivity contribution in [3.8, 4) is 12.3 Å². The van der Waals surface area contributed by atoms with E-state index in [-0.39, 0.29) is 5.41 Å². The van der Waals surface area contributed by atoms with Gasteiger partial charge in [-0.05, 0) is 19.3 Å². The molecule has 12 heavy (non-hydrogen) atoms. The largest absolute Gasteiger partial charge is 0.120 e. The molecule has 0 atom stereocenters. The van der Waals surface area contributed by atoms with Crippen LogP contribution in [0.25, 0.3) is 0 Å². The summed E-state index contributed by atoms with van der Waals surface area (Å²) < 4.78 is 0. The highest BCUT2D eigenvalue weighted by Crippen LogP contribution is 2.37. The molecule has 0 radical (unpaired) electrons. The fourth-order valence-corrected chi connectivity index (χ4v) is 2.09. The molecule has 1 saturated carbocycles. The molecule has 0 aromatic rings. The van der Waals surface area contributed by atoms with Gasteiger partial charge in [-0.3, -0.25) is 0 Å². The predicted molar refractivity (Wildman–Crippen MR) is 53.8 cm³/mol. The minimum absolute atomic E-state index is 0.165. The van der Waals surface area contributed by atoms with Crippen molar-refractivity contribution in [3.63, 3.8) is 0 Å². The quantitative estimate of drug-likeness (QED) is 0.331. The molecule has 0 spiro atoms. The highest BCUT2D eigenvalue weighted by Gasteiger charge is 2.26. The highest BCUT2D eigenvalue weighted by molar-refractivity contribution is 5.08. The molecule has 1 aliphatic carbocycles. The normalized spacial score (nSPS) is 22.2. The third-order valence-corrected chi connectivity index (χ3v) is 2.90. The first-order valence-electron chi connectivity index (χ1n) is 4.92. The van der Waals surface area contributed by atoms with E-state index in [9.17, 15) is 0 Å². The molecular formula is C12H18. The van der Waals surface area contributed by atoms with Crippen molar-refractivity contribution in [2.24, 2.45) is 5.41 Å². The van der Waals surface area contributed by atoms with Crippen LogP contribution in [0.3, 0.4) is 0 Å². The van der Waals surface area contributed by atoms with E-state index < -0.39 is 0 Å². The van der Waals surface area contributed by atoms with Gasteiger partial charge in [0.15, 0.2) is 0 Å². The molecular weight excluding hydrogens is 144 g/mol. The van der Waals surface area contributed by atoms with Crippen molar-refractivity contribution in [3.05, 3.63) is 12.7 Å². The summed E-state index contributed by atoms with van der Waals surface area (Å²) in [4.78, 5) is 0. The van der Waals surface area contributed by atoms with Crippen LogP contribution >= 0.6 is 0 Å². The van der Waals surface area contributed by atoms with E-state index in [1.165, 1.54) is 38.5 Å². The first kappa shape index (κ1) is 9.39. The first-order valence-corrected chi connectivity index (χ1v) is 4.92. The number of rotatable bonds is 2. The van der Waals surface area contributed by atoms with Crippen molar-refractivity contribution in [1.29, 1.82) is 0 Å². The fraction of sp³-hybridized carbons (Fsp3) is 0.667. The standard InChI is InChI=1S/C12H18/c1-3-9-12(4-2)10-7-5-6-8-11-12/h2-3H,1,5-11H2. The SMILES string of the molecule is C#CC1(CC=C)CCCCCC1. The van der Waals surface area contributed by atoms with Gasteiger partial charge in [0, 0.05) is 5.41 Å². The number of hydrogen-bond donors (Lipinski definition) is 0. The second-order valence-electron chi connectivity index (χ2n) is 3.83. The molecule has 0 unspecified atom stereocenters. The summed E-state index contributed by atoms with van der Waals surface area (Å²) in [5.41, 5.74) is 0.165. The average molecular weight is 162 g/mol. The summed E-state index contributed by atoms with van der Waals surface area (Å²) in [7, 11) is 0. The Labute approximate surface area is 76.1 Å². The van der Waals surface area contributed by atoms with Gasteiger partial charge in [-0.1, -0.05) is 37.7 Å². The lowest BCUT2D eigenvalue weighted by Crippen LogP contribution is -2.16. The summed E-state index contributed by atoms with van der Waals surface area (Å²) in [6, 6.07) is 0. The molecule has 0 nitrogen and oxygen atoms in total. The van der Waals surface area contributed by atoms with Crippen LogP contribution in [-0.4, -0.2) is 0 Å². The number of terminal acetylenes is 1. The van der Waals surface area contributed by atoms with E-state index in [2.05, 4.69) is 12.5 Å². The van der Waals surface area contributed by atoms with Crippen molar-refractivity contribution >= 4 is 0 Å². The monoisotopic (exact) mass is 162 g/mol. The molecule has 0 N–H and O–H groups in total. The fourth-order valence-electron chi connectivity index (χ4n) is 2.09. The van der Waals surface area contributed by atoms with Crippen LogP contribution in [0, 0.1) is 17.8 Å². The molecule has 0 aromatic carbocycles. The van der Waals surface area contributed by atoms with Gasteiger partial charge < -0.3 is 0 Å². The second-order valence-corrected chi connectivity index (χ2v) is 3.83. The van der Waals surface area contributed by atoms with E-state index >= 15 is 0 Å². The van der Waals surface area contributed by atoms with Crippen LogP contribution in [0.5, 0.6) is 0 Å². The Morgan fingerprint density at radius 3 is 2.25 bits per heavy atom. The summed E-state index contributed by atoms with van der Waals surface area (Å²) in [5.74, 6) is 2.99. The first-order chi connectivity index (χ1) is 5.83. The molecule has 1 aliphatic rings. The summed E-state index contributed by atoms with van der Waals surface area (Å²) >= 11 is 0. The van der Waals surface area contributed by atoms with Gasteiger partial charge in [0.05, 0.1) is 0 Å². The lowest BCUT2D eigenvalue weighted by molar-refractivity contribution is 0.351. The van der Waals surface area contributed by atoms with Gasteiger partial charge in [-0.25, -0.2) is 0 Å². The maximum atomic E-state index is 5.60. The zero-order valence-corrected chi connectivity index (χ0v) is 7.81. The molecule has 0 saturated heterocycles. The summed E-state index contributed by atoms with van der Waals surface area (Å²) in [5, 5.41) is 0. The summed E-state index contributed by atoms with van der Waals surface area (Å²) in [6.07, 6.45) is 16.3. The number of allylic oxidation sites excluding steroid dienone is 1. The van der Waals surface area contributed by atoms with Crippen molar-refractivity contribution in [2.45, 2.75) is 44.9 Å². The molecule has 0 aliphatic heterocycles. The van der Waals surface area contributed by atoms with Gasteiger partial charge in [-0.15, -0.1) is 13.0 Å². The lowest BCUT2D eigenvalue weighted by Gasteiger charge is -2.24. The average Bonchev–Trinajstić information content (AvgIpc) is 2.32. The topological polar surface area (TPSA) is 0 Å². The molecule has 66 valence electrons. The molecule has 0 aromatic heterocycles. The maximum absolute atomic E-state index is 5.60. The molecule has 0 bridgehead atoms. The Hall–Kier alpha value is -0.700. The third-order valence-electron chi connectivity index (χ3n) is 2.90. The van der Waals surface area contributed by atoms with Crippen LogP contribution in [0.1, 0.15) is 44.9 Å². The van der Waals surface area contributed by atoms with Gasteiger partial charge in [0.25, 0.3) is 0 Å². The Bertz CT molecular complexity index is 175. The Balaban J connectivity index is 2.62. The van der Waals surface area contributed by atoms with Crippen LogP contribution in [0.4, 0.5) is 0 Å². The number of hydrogen-bond acceptors (Lipinski definition) is 0. The van der Waals surface area contributed by atoms with Gasteiger partial charge in [0.2, 0.25) is 0 Å². The van der Waals surface area contributed by atoms with E-state index in [4.69, 9.17) is 6.42 Å². The second kappa shape index (κ2) is 4.36. The van der Waals surface area contributed by atoms with Crippen LogP contribution in [0.15, 0.2) is 12.7 Å². The van der Waals surface area contributed by atoms with Crippen LogP contribution in [-0.2, 0) is 0 Å². The van der Waals surface area contributed by atoms with Crippen molar-refractivity contribution < 1.29 is 0 Å².